The Morgan fingerprint density at radius 1 is 1.30 bits per heavy atom. The third kappa shape index (κ3) is 5.00. The summed E-state index contributed by atoms with van der Waals surface area (Å²) in [6.45, 7) is -1.28. The lowest BCUT2D eigenvalue weighted by atomic mass is 10.1. The monoisotopic (exact) mass is 347 g/mol. The first-order chi connectivity index (χ1) is 10.8. The van der Waals surface area contributed by atoms with E-state index >= 15 is 0 Å². The van der Waals surface area contributed by atoms with Gasteiger partial charge in [0.25, 0.3) is 0 Å². The van der Waals surface area contributed by atoms with Gasteiger partial charge in [-0.15, -0.1) is 0 Å². The summed E-state index contributed by atoms with van der Waals surface area (Å²) in [5.74, 6) is -0.940. The van der Waals surface area contributed by atoms with Crippen LogP contribution in [-0.4, -0.2) is 31.0 Å². The number of benzene rings is 1. The Morgan fingerprint density at radius 3 is 2.48 bits per heavy atom. The summed E-state index contributed by atoms with van der Waals surface area (Å²) < 4.78 is 57.1. The lowest BCUT2D eigenvalue weighted by Crippen LogP contribution is -2.17. The predicted molar refractivity (Wildman–Crippen MR) is 76.8 cm³/mol. The molecular formula is C14H15F2NO5S. The average Bonchev–Trinajstić information content (AvgIpc) is 2.83. The number of rotatable bonds is 7. The number of nitrogens with zero attached hydrogens (tertiary/aromatic N) is 1. The first-order valence-corrected chi connectivity index (χ1v) is 8.42. The van der Waals surface area contributed by atoms with Crippen molar-refractivity contribution >= 4 is 9.84 Å². The van der Waals surface area contributed by atoms with Crippen LogP contribution < -0.4 is 4.74 Å². The van der Waals surface area contributed by atoms with Crippen LogP contribution >= 0.6 is 0 Å². The van der Waals surface area contributed by atoms with Crippen molar-refractivity contribution in [2.24, 2.45) is 0 Å². The molecule has 2 aromatic rings. The SMILES string of the molecule is Cc1conc1CS(=O)(=O)CC(O)c1ccc(OC(F)F)cc1. The Balaban J connectivity index is 2.03. The van der Waals surface area contributed by atoms with Crippen molar-refractivity contribution in [3.05, 3.63) is 47.3 Å². The van der Waals surface area contributed by atoms with E-state index in [4.69, 9.17) is 0 Å². The van der Waals surface area contributed by atoms with Crippen molar-refractivity contribution in [2.45, 2.75) is 25.4 Å². The molecule has 1 aromatic carbocycles. The average molecular weight is 347 g/mol. The molecule has 1 atom stereocenters. The summed E-state index contributed by atoms with van der Waals surface area (Å²) in [6.07, 6.45) is 0.0519. The Labute approximate surface area is 131 Å². The van der Waals surface area contributed by atoms with E-state index in [-0.39, 0.29) is 22.8 Å². The number of hydrogen-bond acceptors (Lipinski definition) is 6. The quantitative estimate of drug-likeness (QED) is 0.826. The van der Waals surface area contributed by atoms with Crippen LogP contribution in [0.25, 0.3) is 0 Å². The lowest BCUT2D eigenvalue weighted by molar-refractivity contribution is -0.0498. The number of alkyl halides is 2. The van der Waals surface area contributed by atoms with E-state index in [1.807, 2.05) is 0 Å². The Bertz CT molecular complexity index is 743. The number of aliphatic hydroxyl groups excluding tert-OH is 1. The third-order valence-corrected chi connectivity index (χ3v) is 4.64. The second-order valence-electron chi connectivity index (χ2n) is 4.96. The molecule has 1 N–H and O–H groups in total. The van der Waals surface area contributed by atoms with E-state index in [9.17, 15) is 22.3 Å². The molecule has 0 aliphatic heterocycles. The van der Waals surface area contributed by atoms with Gasteiger partial charge in [-0.05, 0) is 24.6 Å². The molecule has 23 heavy (non-hydrogen) atoms. The fraction of sp³-hybridized carbons (Fsp3) is 0.357. The minimum atomic E-state index is -3.63. The van der Waals surface area contributed by atoms with Gasteiger partial charge in [0, 0.05) is 5.56 Å². The molecule has 126 valence electrons. The maximum Gasteiger partial charge on any atom is 0.387 e. The number of aromatic nitrogens is 1. The van der Waals surface area contributed by atoms with Crippen LogP contribution in [0, 0.1) is 6.92 Å². The maximum absolute atomic E-state index is 12.1. The second-order valence-corrected chi connectivity index (χ2v) is 7.07. The summed E-state index contributed by atoms with van der Waals surface area (Å²) >= 11 is 0. The van der Waals surface area contributed by atoms with Gasteiger partial charge in [-0.25, -0.2) is 8.42 Å². The maximum atomic E-state index is 12.1. The highest BCUT2D eigenvalue weighted by Gasteiger charge is 2.22. The molecule has 6 nitrogen and oxygen atoms in total. The molecule has 2 rings (SSSR count). The Kier molecular flexibility index (Phi) is 5.32. The fourth-order valence-corrected chi connectivity index (χ4v) is 3.41. The van der Waals surface area contributed by atoms with Crippen LogP contribution in [0.3, 0.4) is 0 Å². The summed E-state index contributed by atoms with van der Waals surface area (Å²) in [5, 5.41) is 13.6. The predicted octanol–water partition coefficient (Wildman–Crippen LogP) is 2.23. The molecule has 0 saturated carbocycles. The molecule has 0 bridgehead atoms. The number of aliphatic hydroxyl groups is 1. The van der Waals surface area contributed by atoms with Crippen molar-refractivity contribution in [1.82, 2.24) is 5.16 Å². The summed E-state index contributed by atoms with van der Waals surface area (Å²) in [7, 11) is -3.63. The van der Waals surface area contributed by atoms with E-state index in [1.54, 1.807) is 6.92 Å². The first kappa shape index (κ1) is 17.4. The van der Waals surface area contributed by atoms with Crippen LogP contribution in [0.5, 0.6) is 5.75 Å². The van der Waals surface area contributed by atoms with Crippen molar-refractivity contribution in [1.29, 1.82) is 0 Å². The molecule has 1 aromatic heterocycles. The standard InChI is InChI=1S/C14H15F2NO5S/c1-9-6-21-17-12(9)7-23(19,20)8-13(18)10-2-4-11(5-3-10)22-14(15)16/h2-6,13-14,18H,7-8H2,1H3. The van der Waals surface area contributed by atoms with E-state index in [1.165, 1.54) is 30.5 Å². The van der Waals surface area contributed by atoms with Gasteiger partial charge in [0.2, 0.25) is 0 Å². The highest BCUT2D eigenvalue weighted by molar-refractivity contribution is 7.90. The molecule has 1 unspecified atom stereocenters. The molecule has 0 fully saturated rings. The van der Waals surface area contributed by atoms with Crippen molar-refractivity contribution in [3.8, 4) is 5.75 Å². The molecule has 0 amide bonds. The minimum Gasteiger partial charge on any atom is -0.435 e. The summed E-state index contributed by atoms with van der Waals surface area (Å²) in [4.78, 5) is 0. The highest BCUT2D eigenvalue weighted by Crippen LogP contribution is 2.21. The van der Waals surface area contributed by atoms with Gasteiger partial charge in [-0.3, -0.25) is 0 Å². The van der Waals surface area contributed by atoms with Gasteiger partial charge in [-0.2, -0.15) is 8.78 Å². The van der Waals surface area contributed by atoms with Crippen molar-refractivity contribution < 1.29 is 31.6 Å². The normalized spacial score (nSPS) is 13.3. The van der Waals surface area contributed by atoms with Gasteiger partial charge < -0.3 is 14.4 Å². The lowest BCUT2D eigenvalue weighted by Gasteiger charge is -2.12. The van der Waals surface area contributed by atoms with Crippen LogP contribution in [0.2, 0.25) is 0 Å². The van der Waals surface area contributed by atoms with Crippen LogP contribution in [0.15, 0.2) is 35.1 Å². The number of sulfone groups is 1. The fourth-order valence-electron chi connectivity index (χ4n) is 1.92. The summed E-state index contributed by atoms with van der Waals surface area (Å²) in [5.41, 5.74) is 1.18. The molecule has 0 spiro atoms. The number of halogens is 2. The number of ether oxygens (including phenoxy) is 1. The van der Waals surface area contributed by atoms with Gasteiger partial charge in [-0.1, -0.05) is 17.3 Å². The van der Waals surface area contributed by atoms with Gasteiger partial charge in [0.05, 0.1) is 17.6 Å². The van der Waals surface area contributed by atoms with E-state index < -0.39 is 28.3 Å². The molecule has 0 radical (unpaired) electrons. The van der Waals surface area contributed by atoms with Crippen molar-refractivity contribution in [2.75, 3.05) is 5.75 Å². The number of hydrogen-bond donors (Lipinski definition) is 1. The molecular weight excluding hydrogens is 332 g/mol. The zero-order valence-corrected chi connectivity index (χ0v) is 13.0. The van der Waals surface area contributed by atoms with Crippen LogP contribution in [0.4, 0.5) is 8.78 Å². The Hall–Kier alpha value is -2.00. The topological polar surface area (TPSA) is 89.6 Å². The molecule has 9 heteroatoms. The zero-order valence-electron chi connectivity index (χ0n) is 12.1. The number of aryl methyl sites for hydroxylation is 1. The second kappa shape index (κ2) is 7.05. The van der Waals surface area contributed by atoms with Gasteiger partial charge in [0.1, 0.15) is 17.7 Å². The molecule has 0 aliphatic carbocycles. The molecule has 0 aliphatic rings. The van der Waals surface area contributed by atoms with E-state index in [0.29, 0.717) is 5.56 Å². The highest BCUT2D eigenvalue weighted by atomic mass is 32.2. The van der Waals surface area contributed by atoms with Gasteiger partial charge >= 0.3 is 6.61 Å². The summed E-state index contributed by atoms with van der Waals surface area (Å²) in [6, 6.07) is 5.14. The van der Waals surface area contributed by atoms with Gasteiger partial charge in [0.15, 0.2) is 9.84 Å². The van der Waals surface area contributed by atoms with Crippen molar-refractivity contribution in [3.63, 3.8) is 0 Å². The van der Waals surface area contributed by atoms with E-state index in [0.717, 1.165) is 0 Å². The molecule has 1 heterocycles. The Morgan fingerprint density at radius 2 is 1.96 bits per heavy atom. The zero-order chi connectivity index (χ0) is 17.0. The largest absolute Gasteiger partial charge is 0.435 e. The minimum absolute atomic E-state index is 0.0722. The van der Waals surface area contributed by atoms with Crippen LogP contribution in [0.1, 0.15) is 22.9 Å². The first-order valence-electron chi connectivity index (χ1n) is 6.60. The smallest absolute Gasteiger partial charge is 0.387 e. The van der Waals surface area contributed by atoms with Crippen LogP contribution in [-0.2, 0) is 15.6 Å². The third-order valence-electron chi connectivity index (χ3n) is 3.11. The van der Waals surface area contributed by atoms with E-state index in [2.05, 4.69) is 14.4 Å². The molecule has 0 saturated heterocycles.